The van der Waals surface area contributed by atoms with Crippen molar-refractivity contribution < 1.29 is 9.59 Å². The third kappa shape index (κ3) is 2.06. The highest BCUT2D eigenvalue weighted by atomic mass is 16.2. The Morgan fingerprint density at radius 3 is 2.42 bits per heavy atom. The van der Waals surface area contributed by atoms with Crippen LogP contribution in [0.15, 0.2) is 73.4 Å². The predicted molar refractivity (Wildman–Crippen MR) is 93.9 cm³/mol. The normalized spacial score (nSPS) is 13.4. The van der Waals surface area contributed by atoms with Gasteiger partial charge in [0.1, 0.15) is 0 Å². The van der Waals surface area contributed by atoms with Crippen molar-refractivity contribution in [2.75, 3.05) is 0 Å². The molecular weight excluding hydrogens is 298 g/mol. The summed E-state index contributed by atoms with van der Waals surface area (Å²) in [6.45, 7) is 3.62. The van der Waals surface area contributed by atoms with Crippen molar-refractivity contribution in [3.8, 4) is 0 Å². The van der Waals surface area contributed by atoms with Crippen LogP contribution in [0.1, 0.15) is 31.8 Å². The van der Waals surface area contributed by atoms with Crippen LogP contribution in [0.3, 0.4) is 0 Å². The second-order valence-corrected chi connectivity index (χ2v) is 5.83. The third-order valence-corrected chi connectivity index (χ3v) is 4.43. The van der Waals surface area contributed by atoms with Gasteiger partial charge < -0.3 is 0 Å². The van der Waals surface area contributed by atoms with Gasteiger partial charge in [-0.3, -0.25) is 9.59 Å². The summed E-state index contributed by atoms with van der Waals surface area (Å²) in [5.74, 6) is -0.616. The van der Waals surface area contributed by atoms with Crippen molar-refractivity contribution in [1.82, 2.24) is 4.90 Å². The first kappa shape index (κ1) is 14.4. The summed E-state index contributed by atoms with van der Waals surface area (Å²) >= 11 is 0. The molecule has 2 amide bonds. The zero-order valence-corrected chi connectivity index (χ0v) is 13.0. The Morgan fingerprint density at radius 1 is 0.875 bits per heavy atom. The number of benzene rings is 3. The molecule has 3 aromatic carbocycles. The Morgan fingerprint density at radius 2 is 1.67 bits per heavy atom. The third-order valence-electron chi connectivity index (χ3n) is 4.43. The highest BCUT2D eigenvalue weighted by molar-refractivity contribution is 6.26. The van der Waals surface area contributed by atoms with Gasteiger partial charge in [0.05, 0.1) is 5.56 Å². The molecule has 24 heavy (non-hydrogen) atoms. The molecule has 3 nitrogen and oxygen atoms in total. The maximum Gasteiger partial charge on any atom is 0.265 e. The molecule has 0 saturated heterocycles. The maximum absolute atomic E-state index is 12.9. The Balaban J connectivity index is 1.99. The van der Waals surface area contributed by atoms with E-state index in [0.717, 1.165) is 26.8 Å². The van der Waals surface area contributed by atoms with Gasteiger partial charge in [-0.2, -0.15) is 0 Å². The summed E-state index contributed by atoms with van der Waals surface area (Å²) in [5, 5.41) is 1.66. The molecule has 0 aliphatic carbocycles. The molecule has 1 aliphatic heterocycles. The molecule has 0 radical (unpaired) electrons. The van der Waals surface area contributed by atoms with E-state index in [2.05, 4.69) is 6.58 Å². The monoisotopic (exact) mass is 313 g/mol. The minimum atomic E-state index is -0.315. The minimum absolute atomic E-state index is 0.301. The van der Waals surface area contributed by atoms with Gasteiger partial charge in [0, 0.05) is 17.1 Å². The van der Waals surface area contributed by atoms with E-state index in [1.54, 1.807) is 6.07 Å². The summed E-state index contributed by atoms with van der Waals surface area (Å²) in [7, 11) is 0. The van der Waals surface area contributed by atoms with Gasteiger partial charge in [0.2, 0.25) is 0 Å². The molecule has 0 fully saturated rings. The molecule has 3 heteroatoms. The highest BCUT2D eigenvalue weighted by Crippen LogP contribution is 2.33. The van der Waals surface area contributed by atoms with Gasteiger partial charge >= 0.3 is 0 Å². The van der Waals surface area contributed by atoms with Gasteiger partial charge in [-0.25, -0.2) is 4.90 Å². The molecule has 0 bridgehead atoms. The SMILES string of the molecule is C=CN1C(=O)c2cccc3ccc(Cc4ccccc4)c(c23)C1=O. The van der Waals surface area contributed by atoms with Crippen LogP contribution in [0.4, 0.5) is 0 Å². The summed E-state index contributed by atoms with van der Waals surface area (Å²) < 4.78 is 0. The smallest absolute Gasteiger partial charge is 0.265 e. The van der Waals surface area contributed by atoms with Crippen LogP contribution in [0, 0.1) is 0 Å². The number of nitrogens with zero attached hydrogens (tertiary/aromatic N) is 1. The average Bonchev–Trinajstić information content (AvgIpc) is 2.61. The fourth-order valence-corrected chi connectivity index (χ4v) is 3.32. The van der Waals surface area contributed by atoms with Gasteiger partial charge in [0.15, 0.2) is 0 Å². The van der Waals surface area contributed by atoms with Crippen LogP contribution in [-0.2, 0) is 6.42 Å². The summed E-state index contributed by atoms with van der Waals surface area (Å²) in [6, 6.07) is 19.5. The maximum atomic E-state index is 12.9. The number of carbonyl (C=O) groups is 2. The Bertz CT molecular complexity index is 989. The van der Waals surface area contributed by atoms with Crippen molar-refractivity contribution >= 4 is 22.6 Å². The van der Waals surface area contributed by atoms with E-state index < -0.39 is 0 Å². The zero-order valence-electron chi connectivity index (χ0n) is 13.0. The van der Waals surface area contributed by atoms with Gasteiger partial charge in [0.25, 0.3) is 11.8 Å². The lowest BCUT2D eigenvalue weighted by Gasteiger charge is -2.26. The van der Waals surface area contributed by atoms with Crippen LogP contribution in [-0.4, -0.2) is 16.7 Å². The first-order chi connectivity index (χ1) is 11.7. The quantitative estimate of drug-likeness (QED) is 0.681. The standard InChI is InChI=1S/C21H15NO2/c1-2-22-20(23)17-10-6-9-15-11-12-16(19(18(15)17)21(22)24)13-14-7-4-3-5-8-14/h2-12H,1,13H2. The number of carbonyl (C=O) groups excluding carboxylic acids is 2. The fraction of sp³-hybridized carbons (Fsp3) is 0.0476. The van der Waals surface area contributed by atoms with E-state index in [1.807, 2.05) is 54.6 Å². The topological polar surface area (TPSA) is 37.4 Å². The van der Waals surface area contributed by atoms with E-state index in [-0.39, 0.29) is 11.8 Å². The number of amides is 2. The Labute approximate surface area is 139 Å². The molecular formula is C21H15NO2. The summed E-state index contributed by atoms with van der Waals surface area (Å²) in [6.07, 6.45) is 1.94. The Kier molecular flexibility index (Phi) is 3.28. The largest absolute Gasteiger partial charge is 0.268 e. The van der Waals surface area contributed by atoms with E-state index in [4.69, 9.17) is 0 Å². The molecule has 0 aromatic heterocycles. The lowest BCUT2D eigenvalue weighted by molar-refractivity contribution is 0.0680. The lowest BCUT2D eigenvalue weighted by atomic mass is 9.88. The predicted octanol–water partition coefficient (Wildman–Crippen LogP) is 4.17. The second kappa shape index (κ2) is 5.46. The first-order valence-electron chi connectivity index (χ1n) is 7.79. The van der Waals surface area contributed by atoms with Crippen molar-refractivity contribution in [3.05, 3.63) is 95.7 Å². The molecule has 3 aromatic rings. The number of rotatable bonds is 3. The van der Waals surface area contributed by atoms with Crippen molar-refractivity contribution in [2.24, 2.45) is 0 Å². The molecule has 1 aliphatic rings. The second-order valence-electron chi connectivity index (χ2n) is 5.83. The highest BCUT2D eigenvalue weighted by Gasteiger charge is 2.32. The van der Waals surface area contributed by atoms with Crippen molar-refractivity contribution in [3.63, 3.8) is 0 Å². The van der Waals surface area contributed by atoms with E-state index in [9.17, 15) is 9.59 Å². The molecule has 1 heterocycles. The number of hydrogen-bond donors (Lipinski definition) is 0. The molecule has 0 N–H and O–H groups in total. The number of hydrogen-bond acceptors (Lipinski definition) is 2. The van der Waals surface area contributed by atoms with Gasteiger partial charge in [-0.1, -0.05) is 61.2 Å². The van der Waals surface area contributed by atoms with Gasteiger partial charge in [-0.15, -0.1) is 0 Å². The van der Waals surface area contributed by atoms with Gasteiger partial charge in [-0.05, 0) is 29.0 Å². The summed E-state index contributed by atoms with van der Waals surface area (Å²) in [5.41, 5.74) is 3.20. The first-order valence-corrected chi connectivity index (χ1v) is 7.79. The zero-order chi connectivity index (χ0) is 16.7. The molecule has 4 rings (SSSR count). The average molecular weight is 313 g/mol. The van der Waals surface area contributed by atoms with Crippen molar-refractivity contribution in [1.29, 1.82) is 0 Å². The molecule has 116 valence electrons. The molecule has 0 spiro atoms. The van der Waals surface area contributed by atoms with E-state index in [0.29, 0.717) is 17.5 Å². The van der Waals surface area contributed by atoms with E-state index >= 15 is 0 Å². The fourth-order valence-electron chi connectivity index (χ4n) is 3.32. The molecule has 0 saturated carbocycles. The molecule has 0 atom stereocenters. The van der Waals surface area contributed by atoms with E-state index in [1.165, 1.54) is 6.20 Å². The lowest BCUT2D eigenvalue weighted by Crippen LogP contribution is -2.36. The van der Waals surface area contributed by atoms with Crippen molar-refractivity contribution in [2.45, 2.75) is 6.42 Å². The Hall–Kier alpha value is -3.20. The van der Waals surface area contributed by atoms with Crippen LogP contribution in [0.5, 0.6) is 0 Å². The minimum Gasteiger partial charge on any atom is -0.268 e. The van der Waals surface area contributed by atoms with Crippen LogP contribution in [0.25, 0.3) is 10.8 Å². The van der Waals surface area contributed by atoms with Crippen LogP contribution < -0.4 is 0 Å². The number of imide groups is 1. The summed E-state index contributed by atoms with van der Waals surface area (Å²) in [4.78, 5) is 26.5. The van der Waals surface area contributed by atoms with Crippen LogP contribution in [0.2, 0.25) is 0 Å². The van der Waals surface area contributed by atoms with Crippen LogP contribution >= 0.6 is 0 Å². The molecule has 0 unspecified atom stereocenters.